The van der Waals surface area contributed by atoms with Gasteiger partial charge in [-0.15, -0.1) is 12.4 Å². The normalized spacial score (nSPS) is 23.6. The predicted molar refractivity (Wildman–Crippen MR) is 99.6 cm³/mol. The number of piperidine rings is 1. The minimum atomic E-state index is -4.66. The number of nitro groups is 1. The molecule has 2 aliphatic heterocycles. The Bertz CT molecular complexity index is 720. The summed E-state index contributed by atoms with van der Waals surface area (Å²) in [6.07, 6.45) is -0.554. The lowest BCUT2D eigenvalue weighted by Crippen LogP contribution is -2.48. The van der Waals surface area contributed by atoms with E-state index in [4.69, 9.17) is 0 Å². The molecule has 11 heteroatoms. The number of anilines is 1. The zero-order chi connectivity index (χ0) is 19.6. The van der Waals surface area contributed by atoms with Crippen molar-refractivity contribution in [1.82, 2.24) is 10.6 Å². The molecule has 156 valence electrons. The molecule has 3 N–H and O–H groups in total. The first kappa shape index (κ1) is 22.2. The summed E-state index contributed by atoms with van der Waals surface area (Å²) in [5, 5.41) is 20.2. The molecule has 2 atom stereocenters. The highest BCUT2D eigenvalue weighted by molar-refractivity contribution is 5.85. The van der Waals surface area contributed by atoms with Crippen molar-refractivity contribution in [3.05, 3.63) is 33.9 Å². The number of nitro benzene ring substituents is 1. The standard InChI is InChI=1S/C17H21F3N4O3.ClH/c18-17(19,20)10-1-4-14(15(7-10)24(26)27)21-6-5-16(25)23-13-8-11-2-3-12(9-13)22-11;/h1,4,7,11-13,21-22H,2-3,5-6,8-9H2,(H,23,25);1H. The maximum absolute atomic E-state index is 12.7. The van der Waals surface area contributed by atoms with Crippen molar-refractivity contribution < 1.29 is 22.9 Å². The van der Waals surface area contributed by atoms with Gasteiger partial charge in [0.25, 0.3) is 5.69 Å². The number of hydrogen-bond donors (Lipinski definition) is 3. The number of nitrogens with one attached hydrogen (secondary N) is 3. The lowest BCUT2D eigenvalue weighted by atomic mass is 10.00. The fourth-order valence-electron chi connectivity index (χ4n) is 3.79. The minimum absolute atomic E-state index is 0. The summed E-state index contributed by atoms with van der Waals surface area (Å²) >= 11 is 0. The number of benzene rings is 1. The summed E-state index contributed by atoms with van der Waals surface area (Å²) in [6, 6.07) is 3.30. The third-order valence-electron chi connectivity index (χ3n) is 5.03. The Morgan fingerprint density at radius 1 is 1.25 bits per heavy atom. The molecule has 2 saturated heterocycles. The lowest BCUT2D eigenvalue weighted by Gasteiger charge is -2.29. The summed E-state index contributed by atoms with van der Waals surface area (Å²) in [5.41, 5.74) is -1.79. The summed E-state index contributed by atoms with van der Waals surface area (Å²) < 4.78 is 38.1. The van der Waals surface area contributed by atoms with E-state index in [9.17, 15) is 28.1 Å². The van der Waals surface area contributed by atoms with Crippen LogP contribution in [0.4, 0.5) is 24.5 Å². The van der Waals surface area contributed by atoms with Crippen LogP contribution in [0.1, 0.15) is 37.7 Å². The largest absolute Gasteiger partial charge is 0.416 e. The van der Waals surface area contributed by atoms with Gasteiger partial charge in [0.05, 0.1) is 10.5 Å². The van der Waals surface area contributed by atoms with Crippen LogP contribution in [0.5, 0.6) is 0 Å². The Morgan fingerprint density at radius 3 is 2.46 bits per heavy atom. The zero-order valence-corrected chi connectivity index (χ0v) is 15.7. The zero-order valence-electron chi connectivity index (χ0n) is 14.9. The van der Waals surface area contributed by atoms with E-state index < -0.39 is 22.4 Å². The number of alkyl halides is 3. The fourth-order valence-corrected chi connectivity index (χ4v) is 3.79. The second kappa shape index (κ2) is 8.95. The fraction of sp³-hybridized carbons (Fsp3) is 0.588. The predicted octanol–water partition coefficient (Wildman–Crippen LogP) is 3.24. The molecule has 0 spiro atoms. The molecule has 0 aliphatic carbocycles. The highest BCUT2D eigenvalue weighted by Crippen LogP contribution is 2.35. The van der Waals surface area contributed by atoms with Crippen LogP contribution in [0.25, 0.3) is 0 Å². The summed E-state index contributed by atoms with van der Waals surface area (Å²) in [5.74, 6) is -0.177. The Balaban J connectivity index is 0.00000280. The van der Waals surface area contributed by atoms with Gasteiger partial charge < -0.3 is 16.0 Å². The summed E-state index contributed by atoms with van der Waals surface area (Å²) in [4.78, 5) is 22.3. The van der Waals surface area contributed by atoms with Crippen molar-refractivity contribution in [1.29, 1.82) is 0 Å². The number of carbonyl (C=O) groups is 1. The van der Waals surface area contributed by atoms with Crippen LogP contribution in [0.2, 0.25) is 0 Å². The van der Waals surface area contributed by atoms with Gasteiger partial charge in [0.2, 0.25) is 5.91 Å². The molecule has 2 aliphatic rings. The van der Waals surface area contributed by atoms with Crippen molar-refractivity contribution in [2.24, 2.45) is 0 Å². The molecule has 1 aromatic rings. The van der Waals surface area contributed by atoms with E-state index in [2.05, 4.69) is 16.0 Å². The van der Waals surface area contributed by atoms with Crippen molar-refractivity contribution >= 4 is 29.7 Å². The summed E-state index contributed by atoms with van der Waals surface area (Å²) in [6.45, 7) is 0.0931. The quantitative estimate of drug-likeness (QED) is 0.483. The van der Waals surface area contributed by atoms with Gasteiger partial charge in [-0.05, 0) is 37.8 Å². The van der Waals surface area contributed by atoms with Gasteiger partial charge in [0.1, 0.15) is 5.69 Å². The van der Waals surface area contributed by atoms with Crippen LogP contribution >= 0.6 is 12.4 Å². The van der Waals surface area contributed by atoms with E-state index in [1.165, 1.54) is 0 Å². The van der Waals surface area contributed by atoms with Crippen molar-refractivity contribution in [3.63, 3.8) is 0 Å². The minimum Gasteiger partial charge on any atom is -0.379 e. The van der Waals surface area contributed by atoms with E-state index in [0.717, 1.165) is 37.8 Å². The third-order valence-corrected chi connectivity index (χ3v) is 5.03. The smallest absolute Gasteiger partial charge is 0.379 e. The van der Waals surface area contributed by atoms with E-state index in [1.54, 1.807) is 0 Å². The first-order chi connectivity index (χ1) is 12.7. The number of carbonyl (C=O) groups excluding carboxylic acids is 1. The Kier molecular flexibility index (Phi) is 7.11. The van der Waals surface area contributed by atoms with Crippen LogP contribution in [-0.4, -0.2) is 35.5 Å². The molecule has 1 amide bonds. The highest BCUT2D eigenvalue weighted by Gasteiger charge is 2.34. The second-order valence-electron chi connectivity index (χ2n) is 7.04. The number of amides is 1. The van der Waals surface area contributed by atoms with Gasteiger partial charge in [0.15, 0.2) is 0 Å². The van der Waals surface area contributed by atoms with Crippen LogP contribution in [-0.2, 0) is 11.0 Å². The first-order valence-electron chi connectivity index (χ1n) is 8.87. The van der Waals surface area contributed by atoms with E-state index in [1.807, 2.05) is 0 Å². The molecule has 0 aromatic heterocycles. The first-order valence-corrected chi connectivity index (χ1v) is 8.87. The molecule has 1 aromatic carbocycles. The molecule has 2 fully saturated rings. The van der Waals surface area contributed by atoms with E-state index in [0.29, 0.717) is 18.2 Å². The third kappa shape index (κ3) is 5.48. The molecule has 2 unspecified atom stereocenters. The van der Waals surface area contributed by atoms with Crippen molar-refractivity contribution in [2.75, 3.05) is 11.9 Å². The van der Waals surface area contributed by atoms with Gasteiger partial charge in [-0.2, -0.15) is 13.2 Å². The molecular formula is C17H22ClF3N4O3. The topological polar surface area (TPSA) is 96.3 Å². The molecular weight excluding hydrogens is 401 g/mol. The van der Waals surface area contributed by atoms with Gasteiger partial charge in [0, 0.05) is 37.2 Å². The van der Waals surface area contributed by atoms with Crippen LogP contribution in [0, 0.1) is 10.1 Å². The average Bonchev–Trinajstić information content (AvgIpc) is 2.92. The van der Waals surface area contributed by atoms with Crippen LogP contribution in [0.3, 0.4) is 0 Å². The number of halogens is 4. The molecule has 28 heavy (non-hydrogen) atoms. The van der Waals surface area contributed by atoms with Gasteiger partial charge in [-0.3, -0.25) is 14.9 Å². The average molecular weight is 423 g/mol. The second-order valence-corrected chi connectivity index (χ2v) is 7.04. The van der Waals surface area contributed by atoms with E-state index >= 15 is 0 Å². The maximum Gasteiger partial charge on any atom is 0.416 e. The molecule has 2 heterocycles. The van der Waals surface area contributed by atoms with Gasteiger partial charge in [-0.1, -0.05) is 0 Å². The SMILES string of the molecule is Cl.O=C(CCNc1ccc(C(F)(F)F)cc1[N+](=O)[O-])NC1CC2CCC(C1)N2. The Morgan fingerprint density at radius 2 is 1.89 bits per heavy atom. The summed E-state index contributed by atoms with van der Waals surface area (Å²) in [7, 11) is 0. The Labute approximate surface area is 166 Å². The number of hydrogen-bond acceptors (Lipinski definition) is 5. The Hall–Kier alpha value is -2.07. The van der Waals surface area contributed by atoms with Crippen molar-refractivity contribution in [3.8, 4) is 0 Å². The van der Waals surface area contributed by atoms with Gasteiger partial charge >= 0.3 is 6.18 Å². The highest BCUT2D eigenvalue weighted by atomic mass is 35.5. The molecule has 2 bridgehead atoms. The molecule has 7 nitrogen and oxygen atoms in total. The molecule has 0 saturated carbocycles. The van der Waals surface area contributed by atoms with Crippen LogP contribution in [0.15, 0.2) is 18.2 Å². The maximum atomic E-state index is 12.7. The van der Waals surface area contributed by atoms with Crippen LogP contribution < -0.4 is 16.0 Å². The van der Waals surface area contributed by atoms with Crippen molar-refractivity contribution in [2.45, 2.75) is 56.4 Å². The number of rotatable bonds is 6. The monoisotopic (exact) mass is 422 g/mol. The van der Waals surface area contributed by atoms with Gasteiger partial charge in [-0.25, -0.2) is 0 Å². The van der Waals surface area contributed by atoms with E-state index in [-0.39, 0.29) is 43.0 Å². The number of nitrogens with zero attached hydrogens (tertiary/aromatic N) is 1. The lowest BCUT2D eigenvalue weighted by molar-refractivity contribution is -0.384. The molecule has 3 rings (SSSR count). The molecule has 0 radical (unpaired) electrons. The number of fused-ring (bicyclic) bond motifs is 2.